The van der Waals surface area contributed by atoms with Gasteiger partial charge in [-0.2, -0.15) is 11.8 Å². The molecule has 5 heteroatoms. The van der Waals surface area contributed by atoms with Crippen LogP contribution in [0.2, 0.25) is 0 Å². The van der Waals surface area contributed by atoms with E-state index in [4.69, 9.17) is 0 Å². The van der Waals surface area contributed by atoms with Gasteiger partial charge < -0.3 is 10.2 Å². The van der Waals surface area contributed by atoms with Crippen molar-refractivity contribution in [2.24, 2.45) is 0 Å². The first-order chi connectivity index (χ1) is 9.13. The van der Waals surface area contributed by atoms with Gasteiger partial charge in [-0.3, -0.25) is 0 Å². The third-order valence-corrected chi connectivity index (χ3v) is 4.05. The van der Waals surface area contributed by atoms with Gasteiger partial charge >= 0.3 is 0 Å². The molecule has 0 radical (unpaired) electrons. The van der Waals surface area contributed by atoms with Crippen molar-refractivity contribution in [1.82, 2.24) is 15.3 Å². The molecule has 0 aromatic carbocycles. The molecule has 1 atom stereocenters. The molecule has 0 aliphatic carbocycles. The summed E-state index contributed by atoms with van der Waals surface area (Å²) in [6.07, 6.45) is 5.20. The molecule has 1 aromatic heterocycles. The van der Waals surface area contributed by atoms with E-state index < -0.39 is 0 Å². The van der Waals surface area contributed by atoms with E-state index in [1.165, 1.54) is 5.56 Å². The average molecular weight is 282 g/mol. The molecule has 1 heterocycles. The van der Waals surface area contributed by atoms with E-state index in [0.29, 0.717) is 6.04 Å². The summed E-state index contributed by atoms with van der Waals surface area (Å²) in [4.78, 5) is 11.3. The largest absolute Gasteiger partial charge is 0.340 e. The number of hydrogen-bond acceptors (Lipinski definition) is 5. The first-order valence-corrected chi connectivity index (χ1v) is 8.28. The van der Waals surface area contributed by atoms with Gasteiger partial charge in [0.15, 0.2) is 0 Å². The smallest absolute Gasteiger partial charge is 0.225 e. The van der Waals surface area contributed by atoms with Crippen molar-refractivity contribution < 1.29 is 0 Å². The Hall–Kier alpha value is -0.810. The molecule has 1 N–H and O–H groups in total. The van der Waals surface area contributed by atoms with E-state index in [0.717, 1.165) is 36.9 Å². The summed E-state index contributed by atoms with van der Waals surface area (Å²) in [6, 6.07) is 0.494. The van der Waals surface area contributed by atoms with Crippen LogP contribution in [0.25, 0.3) is 0 Å². The lowest BCUT2D eigenvalue weighted by molar-refractivity contribution is 0.652. The Morgan fingerprint density at radius 3 is 2.68 bits per heavy atom. The fraction of sp³-hybridized carbons (Fsp3) is 0.714. The van der Waals surface area contributed by atoms with Crippen LogP contribution in [0.1, 0.15) is 31.5 Å². The third kappa shape index (κ3) is 4.66. The fourth-order valence-electron chi connectivity index (χ4n) is 1.94. The summed E-state index contributed by atoms with van der Waals surface area (Å²) in [5.41, 5.74) is 2.24. The number of nitrogens with one attached hydrogen (secondary N) is 1. The van der Waals surface area contributed by atoms with Crippen molar-refractivity contribution in [2.45, 2.75) is 39.8 Å². The van der Waals surface area contributed by atoms with E-state index in [1.54, 1.807) is 0 Å². The molecule has 0 spiro atoms. The van der Waals surface area contributed by atoms with Crippen LogP contribution in [0.15, 0.2) is 6.20 Å². The Bertz CT molecular complexity index is 384. The zero-order chi connectivity index (χ0) is 14.3. The van der Waals surface area contributed by atoms with Crippen LogP contribution >= 0.6 is 11.8 Å². The van der Waals surface area contributed by atoms with Crippen LogP contribution in [0.3, 0.4) is 0 Å². The number of rotatable bonds is 8. The molecular formula is C14H26N4S. The van der Waals surface area contributed by atoms with Crippen molar-refractivity contribution in [3.63, 3.8) is 0 Å². The first kappa shape index (κ1) is 16.2. The van der Waals surface area contributed by atoms with E-state index >= 15 is 0 Å². The lowest BCUT2D eigenvalue weighted by Crippen LogP contribution is -2.34. The zero-order valence-electron chi connectivity index (χ0n) is 12.7. The van der Waals surface area contributed by atoms with Gasteiger partial charge in [-0.15, -0.1) is 0 Å². The third-order valence-electron chi connectivity index (χ3n) is 3.33. The number of thioether (sulfide) groups is 1. The van der Waals surface area contributed by atoms with E-state index in [2.05, 4.69) is 54.3 Å². The standard InChI is InChI=1S/C14H26N4S/c1-6-13(10-19-5)18(4)14-16-9-12(8-15-7-2)11(3)17-14/h9,13,15H,6-8,10H2,1-5H3. The topological polar surface area (TPSA) is 41.1 Å². The minimum absolute atomic E-state index is 0.494. The van der Waals surface area contributed by atoms with Crippen molar-refractivity contribution in [1.29, 1.82) is 0 Å². The van der Waals surface area contributed by atoms with E-state index in [9.17, 15) is 0 Å². The van der Waals surface area contributed by atoms with Gasteiger partial charge in [0, 0.05) is 42.8 Å². The second kappa shape index (κ2) is 8.38. The maximum absolute atomic E-state index is 4.64. The number of hydrogen-bond donors (Lipinski definition) is 1. The maximum Gasteiger partial charge on any atom is 0.225 e. The molecule has 0 saturated carbocycles. The molecule has 1 aromatic rings. The summed E-state index contributed by atoms with van der Waals surface area (Å²) < 4.78 is 0. The summed E-state index contributed by atoms with van der Waals surface area (Å²) in [6.45, 7) is 8.18. The molecule has 1 unspecified atom stereocenters. The second-order valence-corrected chi connectivity index (χ2v) is 5.60. The van der Waals surface area contributed by atoms with Crippen LogP contribution in [-0.4, -0.2) is 41.6 Å². The molecule has 108 valence electrons. The van der Waals surface area contributed by atoms with E-state index in [-0.39, 0.29) is 0 Å². The lowest BCUT2D eigenvalue weighted by atomic mass is 10.2. The summed E-state index contributed by atoms with van der Waals surface area (Å²) in [7, 11) is 2.09. The highest BCUT2D eigenvalue weighted by Gasteiger charge is 2.15. The van der Waals surface area contributed by atoms with Gasteiger partial charge in [0.1, 0.15) is 0 Å². The molecule has 0 fully saturated rings. The maximum atomic E-state index is 4.64. The number of aromatic nitrogens is 2. The molecular weight excluding hydrogens is 256 g/mol. The SMILES string of the molecule is CCNCc1cnc(N(C)C(CC)CSC)nc1C. The van der Waals surface area contributed by atoms with Crippen molar-refractivity contribution in [3.8, 4) is 0 Å². The van der Waals surface area contributed by atoms with E-state index in [1.807, 2.05) is 18.0 Å². The van der Waals surface area contributed by atoms with Gasteiger partial charge in [0.25, 0.3) is 0 Å². The molecule has 0 amide bonds. The monoisotopic (exact) mass is 282 g/mol. The molecule has 0 bridgehead atoms. The quantitative estimate of drug-likeness (QED) is 0.793. The Morgan fingerprint density at radius 1 is 1.42 bits per heavy atom. The van der Waals surface area contributed by atoms with Crippen LogP contribution in [0.4, 0.5) is 5.95 Å². The highest BCUT2D eigenvalue weighted by molar-refractivity contribution is 7.98. The Balaban J connectivity index is 2.81. The number of anilines is 1. The molecule has 0 aliphatic heterocycles. The first-order valence-electron chi connectivity index (χ1n) is 6.89. The summed E-state index contributed by atoms with van der Waals surface area (Å²) in [5.74, 6) is 1.94. The van der Waals surface area contributed by atoms with Crippen LogP contribution in [0.5, 0.6) is 0 Å². The Labute approximate surface area is 121 Å². The van der Waals surface area contributed by atoms with Crippen molar-refractivity contribution >= 4 is 17.7 Å². The predicted octanol–water partition coefficient (Wildman–Crippen LogP) is 2.47. The highest BCUT2D eigenvalue weighted by atomic mass is 32.2. The summed E-state index contributed by atoms with van der Waals surface area (Å²) >= 11 is 1.87. The fourth-order valence-corrected chi connectivity index (χ4v) is 2.79. The molecule has 19 heavy (non-hydrogen) atoms. The predicted molar refractivity (Wildman–Crippen MR) is 85.0 cm³/mol. The van der Waals surface area contributed by atoms with Gasteiger partial charge in [-0.05, 0) is 26.1 Å². The summed E-state index contributed by atoms with van der Waals surface area (Å²) in [5, 5.41) is 3.31. The van der Waals surface area contributed by atoms with Gasteiger partial charge in [-0.25, -0.2) is 9.97 Å². The van der Waals surface area contributed by atoms with Crippen LogP contribution in [-0.2, 0) is 6.54 Å². The van der Waals surface area contributed by atoms with Crippen molar-refractivity contribution in [3.05, 3.63) is 17.5 Å². The molecule has 0 aliphatic rings. The normalized spacial score (nSPS) is 12.5. The molecule has 4 nitrogen and oxygen atoms in total. The Morgan fingerprint density at radius 2 is 2.16 bits per heavy atom. The lowest BCUT2D eigenvalue weighted by Gasteiger charge is -2.27. The minimum atomic E-state index is 0.494. The average Bonchev–Trinajstić information content (AvgIpc) is 2.42. The molecule has 0 saturated heterocycles. The second-order valence-electron chi connectivity index (χ2n) is 4.69. The minimum Gasteiger partial charge on any atom is -0.340 e. The Kier molecular flexibility index (Phi) is 7.16. The number of nitrogens with zero attached hydrogens (tertiary/aromatic N) is 3. The highest BCUT2D eigenvalue weighted by Crippen LogP contribution is 2.16. The van der Waals surface area contributed by atoms with Gasteiger partial charge in [-0.1, -0.05) is 13.8 Å². The van der Waals surface area contributed by atoms with Crippen LogP contribution in [0, 0.1) is 6.92 Å². The molecule has 1 rings (SSSR count). The zero-order valence-corrected chi connectivity index (χ0v) is 13.5. The van der Waals surface area contributed by atoms with Crippen LogP contribution < -0.4 is 10.2 Å². The van der Waals surface area contributed by atoms with Gasteiger partial charge in [0.2, 0.25) is 5.95 Å². The number of aryl methyl sites for hydroxylation is 1. The van der Waals surface area contributed by atoms with Crippen molar-refractivity contribution in [2.75, 3.05) is 30.5 Å². The van der Waals surface area contributed by atoms with Gasteiger partial charge in [0.05, 0.1) is 0 Å².